The van der Waals surface area contributed by atoms with Gasteiger partial charge in [0, 0.05) is 5.02 Å². The van der Waals surface area contributed by atoms with Crippen LogP contribution in [0.3, 0.4) is 0 Å². The van der Waals surface area contributed by atoms with Gasteiger partial charge in [-0.05, 0) is 24.6 Å². The maximum atomic E-state index is 5.81. The second-order valence-corrected chi connectivity index (χ2v) is 3.77. The quantitative estimate of drug-likeness (QED) is 0.847. The zero-order valence-corrected chi connectivity index (χ0v) is 9.02. The van der Waals surface area contributed by atoms with Gasteiger partial charge in [-0.2, -0.15) is 0 Å². The molecule has 0 aliphatic carbocycles. The largest absolute Gasteiger partial charge is 0.383 e. The first-order chi connectivity index (χ1) is 7.18. The van der Waals surface area contributed by atoms with E-state index in [1.807, 2.05) is 31.2 Å². The van der Waals surface area contributed by atoms with E-state index in [9.17, 15) is 0 Å². The van der Waals surface area contributed by atoms with Crippen LogP contribution < -0.4 is 5.73 Å². The van der Waals surface area contributed by atoms with Crippen LogP contribution in [0.5, 0.6) is 0 Å². The van der Waals surface area contributed by atoms with Gasteiger partial charge in [-0.1, -0.05) is 28.9 Å². The minimum atomic E-state index is 0.0600. The van der Waals surface area contributed by atoms with Crippen LogP contribution in [0.2, 0.25) is 5.02 Å². The van der Waals surface area contributed by atoms with E-state index < -0.39 is 0 Å². The van der Waals surface area contributed by atoms with Crippen LogP contribution in [-0.2, 0) is 0 Å². The summed E-state index contributed by atoms with van der Waals surface area (Å²) in [6, 6.07) is 7.66. The van der Waals surface area contributed by atoms with Crippen molar-refractivity contribution in [2.45, 2.75) is 13.0 Å². The molecule has 15 heavy (non-hydrogen) atoms. The Labute approximate surface area is 92.7 Å². The minimum absolute atomic E-state index is 0.0600. The summed E-state index contributed by atoms with van der Waals surface area (Å²) in [6.07, 6.45) is 1.53. The van der Waals surface area contributed by atoms with E-state index in [0.29, 0.717) is 5.82 Å². The average molecular weight is 223 g/mol. The molecule has 2 aromatic rings. The molecule has 4 nitrogen and oxygen atoms in total. The first-order valence-corrected chi connectivity index (χ1v) is 4.97. The SMILES string of the molecule is C[C@H](c1ccc(Cl)cc1)n1nncc1N. The summed E-state index contributed by atoms with van der Waals surface area (Å²) in [7, 11) is 0. The second kappa shape index (κ2) is 3.90. The van der Waals surface area contributed by atoms with Gasteiger partial charge in [0.1, 0.15) is 5.82 Å². The molecule has 1 aromatic carbocycles. The highest BCUT2D eigenvalue weighted by molar-refractivity contribution is 6.30. The van der Waals surface area contributed by atoms with Gasteiger partial charge in [0.25, 0.3) is 0 Å². The molecule has 0 aliphatic heterocycles. The molecule has 2 N–H and O–H groups in total. The molecule has 1 aromatic heterocycles. The van der Waals surface area contributed by atoms with E-state index in [2.05, 4.69) is 10.3 Å². The molecule has 5 heteroatoms. The number of aromatic nitrogens is 3. The molecule has 0 saturated heterocycles. The van der Waals surface area contributed by atoms with Crippen molar-refractivity contribution in [3.05, 3.63) is 41.0 Å². The molecular formula is C10H11ClN4. The van der Waals surface area contributed by atoms with Gasteiger partial charge in [0.15, 0.2) is 0 Å². The lowest BCUT2D eigenvalue weighted by molar-refractivity contribution is 0.550. The van der Waals surface area contributed by atoms with Gasteiger partial charge in [-0.25, -0.2) is 4.68 Å². The summed E-state index contributed by atoms with van der Waals surface area (Å²) >= 11 is 5.81. The molecule has 0 saturated carbocycles. The molecular weight excluding hydrogens is 212 g/mol. The fourth-order valence-corrected chi connectivity index (χ4v) is 1.56. The molecule has 0 spiro atoms. The Morgan fingerprint density at radius 3 is 2.53 bits per heavy atom. The molecule has 1 heterocycles. The lowest BCUT2D eigenvalue weighted by Crippen LogP contribution is -2.11. The Kier molecular flexibility index (Phi) is 2.60. The standard InChI is InChI=1S/C10H11ClN4/c1-7(15-10(12)6-13-14-15)8-2-4-9(11)5-3-8/h2-7H,12H2,1H3/t7-/m1/s1. The summed E-state index contributed by atoms with van der Waals surface area (Å²) < 4.78 is 1.67. The lowest BCUT2D eigenvalue weighted by atomic mass is 10.1. The number of nitrogens with two attached hydrogens (primary N) is 1. The van der Waals surface area contributed by atoms with Gasteiger partial charge < -0.3 is 5.73 Å². The number of hydrogen-bond acceptors (Lipinski definition) is 3. The maximum absolute atomic E-state index is 5.81. The fourth-order valence-electron chi connectivity index (χ4n) is 1.43. The van der Waals surface area contributed by atoms with E-state index in [0.717, 1.165) is 10.6 Å². The molecule has 0 aliphatic rings. The molecule has 0 radical (unpaired) electrons. The third kappa shape index (κ3) is 1.94. The van der Waals surface area contributed by atoms with Crippen LogP contribution in [-0.4, -0.2) is 15.0 Å². The summed E-state index contributed by atoms with van der Waals surface area (Å²) in [5.41, 5.74) is 6.81. The number of nitrogens with zero attached hydrogens (tertiary/aromatic N) is 3. The zero-order chi connectivity index (χ0) is 10.8. The summed E-state index contributed by atoms with van der Waals surface area (Å²) in [5.74, 6) is 0.553. The zero-order valence-electron chi connectivity index (χ0n) is 8.26. The first kappa shape index (κ1) is 9.98. The topological polar surface area (TPSA) is 56.7 Å². The summed E-state index contributed by atoms with van der Waals surface area (Å²) in [4.78, 5) is 0. The Balaban J connectivity index is 2.32. The summed E-state index contributed by atoms with van der Waals surface area (Å²) in [6.45, 7) is 2.01. The van der Waals surface area contributed by atoms with E-state index in [1.54, 1.807) is 4.68 Å². The highest BCUT2D eigenvalue weighted by Crippen LogP contribution is 2.20. The normalized spacial score (nSPS) is 12.7. The highest BCUT2D eigenvalue weighted by atomic mass is 35.5. The molecule has 0 amide bonds. The second-order valence-electron chi connectivity index (χ2n) is 3.33. The van der Waals surface area contributed by atoms with Gasteiger partial charge >= 0.3 is 0 Å². The van der Waals surface area contributed by atoms with Crippen molar-refractivity contribution in [2.24, 2.45) is 0 Å². The number of anilines is 1. The number of rotatable bonds is 2. The predicted octanol–water partition coefficient (Wildman–Crippen LogP) is 2.12. The molecule has 78 valence electrons. The van der Waals surface area contributed by atoms with E-state index in [-0.39, 0.29) is 6.04 Å². The Morgan fingerprint density at radius 2 is 2.00 bits per heavy atom. The van der Waals surface area contributed by atoms with Crippen LogP contribution in [0.25, 0.3) is 0 Å². The Bertz CT molecular complexity index is 449. The van der Waals surface area contributed by atoms with Crippen molar-refractivity contribution in [1.82, 2.24) is 15.0 Å². The Hall–Kier alpha value is -1.55. The van der Waals surface area contributed by atoms with Crippen LogP contribution in [0.15, 0.2) is 30.5 Å². The maximum Gasteiger partial charge on any atom is 0.142 e. The number of benzene rings is 1. The van der Waals surface area contributed by atoms with Crippen LogP contribution in [0.1, 0.15) is 18.5 Å². The molecule has 0 fully saturated rings. The summed E-state index contributed by atoms with van der Waals surface area (Å²) in [5, 5.41) is 8.39. The number of hydrogen-bond donors (Lipinski definition) is 1. The molecule has 1 atom stereocenters. The van der Waals surface area contributed by atoms with Crippen LogP contribution in [0, 0.1) is 0 Å². The molecule has 0 bridgehead atoms. The minimum Gasteiger partial charge on any atom is -0.383 e. The molecule has 0 unspecified atom stereocenters. The fraction of sp³-hybridized carbons (Fsp3) is 0.200. The van der Waals surface area contributed by atoms with Crippen molar-refractivity contribution >= 4 is 17.4 Å². The van der Waals surface area contributed by atoms with Crippen LogP contribution >= 0.6 is 11.6 Å². The third-order valence-corrected chi connectivity index (χ3v) is 2.57. The van der Waals surface area contributed by atoms with Gasteiger partial charge in [-0.15, -0.1) is 5.10 Å². The predicted molar refractivity (Wildman–Crippen MR) is 59.7 cm³/mol. The van der Waals surface area contributed by atoms with Crippen molar-refractivity contribution in [3.8, 4) is 0 Å². The van der Waals surface area contributed by atoms with Gasteiger partial charge in [0.2, 0.25) is 0 Å². The van der Waals surface area contributed by atoms with Gasteiger partial charge in [-0.3, -0.25) is 0 Å². The van der Waals surface area contributed by atoms with Crippen molar-refractivity contribution in [3.63, 3.8) is 0 Å². The number of nitrogen functional groups attached to an aromatic ring is 1. The monoisotopic (exact) mass is 222 g/mol. The lowest BCUT2D eigenvalue weighted by Gasteiger charge is -2.12. The number of halogens is 1. The van der Waals surface area contributed by atoms with Crippen molar-refractivity contribution in [2.75, 3.05) is 5.73 Å². The Morgan fingerprint density at radius 1 is 1.33 bits per heavy atom. The van der Waals surface area contributed by atoms with E-state index >= 15 is 0 Å². The van der Waals surface area contributed by atoms with Crippen molar-refractivity contribution in [1.29, 1.82) is 0 Å². The van der Waals surface area contributed by atoms with Crippen LogP contribution in [0.4, 0.5) is 5.82 Å². The molecule has 2 rings (SSSR count). The van der Waals surface area contributed by atoms with E-state index in [1.165, 1.54) is 6.20 Å². The third-order valence-electron chi connectivity index (χ3n) is 2.32. The highest BCUT2D eigenvalue weighted by Gasteiger charge is 2.10. The average Bonchev–Trinajstić information content (AvgIpc) is 2.65. The van der Waals surface area contributed by atoms with Crippen molar-refractivity contribution < 1.29 is 0 Å². The van der Waals surface area contributed by atoms with Gasteiger partial charge in [0.05, 0.1) is 12.2 Å². The smallest absolute Gasteiger partial charge is 0.142 e. The first-order valence-electron chi connectivity index (χ1n) is 4.59. The van der Waals surface area contributed by atoms with E-state index in [4.69, 9.17) is 17.3 Å².